The summed E-state index contributed by atoms with van der Waals surface area (Å²) < 4.78 is 0. The third-order valence-electron chi connectivity index (χ3n) is 2.37. The average Bonchev–Trinajstić information content (AvgIpc) is 2.78. The van der Waals surface area contributed by atoms with Crippen LogP contribution in [0.4, 0.5) is 0 Å². The minimum atomic E-state index is -0.0579. The average molecular weight is 230 g/mol. The second-order valence-corrected chi connectivity index (χ2v) is 3.88. The smallest absolute Gasteiger partial charge is 0.204 e. The monoisotopic (exact) mass is 230 g/mol. The maximum atomic E-state index is 7.23. The first-order chi connectivity index (χ1) is 8.16. The molecule has 0 saturated carbocycles. The lowest BCUT2D eigenvalue weighted by Crippen LogP contribution is -2.18. The van der Waals surface area contributed by atoms with Gasteiger partial charge >= 0.3 is 0 Å². The quantitative estimate of drug-likeness (QED) is 0.610. The molecule has 1 heterocycles. The lowest BCUT2D eigenvalue weighted by molar-refractivity contribution is 0.434. The van der Waals surface area contributed by atoms with Crippen molar-refractivity contribution in [3.8, 4) is 11.4 Å². The Labute approximate surface area is 99.0 Å². The van der Waals surface area contributed by atoms with Gasteiger partial charge in [-0.1, -0.05) is 30.3 Å². The van der Waals surface area contributed by atoms with Gasteiger partial charge in [-0.05, 0) is 12.1 Å². The van der Waals surface area contributed by atoms with E-state index in [0.717, 1.165) is 5.56 Å². The Bertz CT molecular complexity index is 504. The molecule has 0 aliphatic heterocycles. The van der Waals surface area contributed by atoms with Gasteiger partial charge in [-0.3, -0.25) is 5.41 Å². The zero-order valence-electron chi connectivity index (χ0n) is 9.54. The molecular formula is C11H14N6. The Hall–Kier alpha value is -2.24. The van der Waals surface area contributed by atoms with Crippen LogP contribution in [0.1, 0.15) is 19.4 Å². The Morgan fingerprint density at radius 1 is 1.41 bits per heavy atom. The molecule has 1 aromatic carbocycles. The van der Waals surface area contributed by atoms with Crippen molar-refractivity contribution in [1.82, 2.24) is 20.2 Å². The fraction of sp³-hybridized carbons (Fsp3) is 0.273. The molecule has 0 saturated heterocycles. The molecule has 1 aromatic heterocycles. The SMILES string of the molecule is CC(CC(=N)N)n1nnc(-c2ccccc2)n1. The van der Waals surface area contributed by atoms with E-state index in [-0.39, 0.29) is 11.9 Å². The number of nitrogens with two attached hydrogens (primary N) is 1. The molecular weight excluding hydrogens is 216 g/mol. The second-order valence-electron chi connectivity index (χ2n) is 3.88. The maximum absolute atomic E-state index is 7.23. The lowest BCUT2D eigenvalue weighted by atomic mass is 10.2. The van der Waals surface area contributed by atoms with E-state index in [4.69, 9.17) is 11.1 Å². The molecule has 2 rings (SSSR count). The van der Waals surface area contributed by atoms with Gasteiger partial charge in [-0.25, -0.2) is 0 Å². The van der Waals surface area contributed by atoms with Crippen LogP contribution < -0.4 is 5.73 Å². The van der Waals surface area contributed by atoms with Gasteiger partial charge in [0.2, 0.25) is 5.82 Å². The largest absolute Gasteiger partial charge is 0.388 e. The number of hydrogen-bond acceptors (Lipinski definition) is 4. The van der Waals surface area contributed by atoms with Gasteiger partial charge in [0, 0.05) is 12.0 Å². The van der Waals surface area contributed by atoms with E-state index < -0.39 is 0 Å². The zero-order valence-corrected chi connectivity index (χ0v) is 9.54. The Kier molecular flexibility index (Phi) is 3.13. The van der Waals surface area contributed by atoms with Crippen molar-refractivity contribution < 1.29 is 0 Å². The topological polar surface area (TPSA) is 93.5 Å². The van der Waals surface area contributed by atoms with E-state index in [1.54, 1.807) is 0 Å². The predicted molar refractivity (Wildman–Crippen MR) is 64.5 cm³/mol. The summed E-state index contributed by atoms with van der Waals surface area (Å²) in [6.07, 6.45) is 0.421. The van der Waals surface area contributed by atoms with Gasteiger partial charge in [-0.2, -0.15) is 4.80 Å². The number of benzene rings is 1. The van der Waals surface area contributed by atoms with E-state index in [1.807, 2.05) is 37.3 Å². The summed E-state index contributed by atoms with van der Waals surface area (Å²) in [5.74, 6) is 0.706. The van der Waals surface area contributed by atoms with Crippen LogP contribution >= 0.6 is 0 Å². The molecule has 0 amide bonds. The summed E-state index contributed by atoms with van der Waals surface area (Å²) in [7, 11) is 0. The molecule has 1 atom stereocenters. The van der Waals surface area contributed by atoms with E-state index in [0.29, 0.717) is 12.2 Å². The number of hydrogen-bond donors (Lipinski definition) is 2. The molecule has 0 bridgehead atoms. The number of nitrogens with one attached hydrogen (secondary N) is 1. The highest BCUT2D eigenvalue weighted by atomic mass is 15.6. The molecule has 88 valence electrons. The first-order valence-corrected chi connectivity index (χ1v) is 5.34. The molecule has 0 aliphatic rings. The summed E-state index contributed by atoms with van der Waals surface area (Å²) in [6.45, 7) is 1.90. The molecule has 0 spiro atoms. The maximum Gasteiger partial charge on any atom is 0.204 e. The van der Waals surface area contributed by atoms with Crippen LogP contribution in [0.25, 0.3) is 11.4 Å². The zero-order chi connectivity index (χ0) is 12.3. The van der Waals surface area contributed by atoms with Gasteiger partial charge in [0.1, 0.15) is 0 Å². The fourth-order valence-electron chi connectivity index (χ4n) is 1.51. The number of amidine groups is 1. The van der Waals surface area contributed by atoms with Gasteiger partial charge in [-0.15, -0.1) is 10.2 Å². The highest BCUT2D eigenvalue weighted by Gasteiger charge is 2.11. The second kappa shape index (κ2) is 4.73. The van der Waals surface area contributed by atoms with Gasteiger partial charge in [0.05, 0.1) is 11.9 Å². The molecule has 0 fully saturated rings. The van der Waals surface area contributed by atoms with E-state index >= 15 is 0 Å². The van der Waals surface area contributed by atoms with Crippen LogP contribution in [0.3, 0.4) is 0 Å². The van der Waals surface area contributed by atoms with Crippen molar-refractivity contribution in [3.63, 3.8) is 0 Å². The number of aromatic nitrogens is 4. The Balaban J connectivity index is 2.19. The first kappa shape index (κ1) is 11.3. The molecule has 1 unspecified atom stereocenters. The van der Waals surface area contributed by atoms with Crippen LogP contribution in [-0.4, -0.2) is 26.0 Å². The highest BCUT2D eigenvalue weighted by molar-refractivity contribution is 5.77. The molecule has 0 radical (unpaired) electrons. The van der Waals surface area contributed by atoms with Gasteiger partial charge < -0.3 is 5.73 Å². The Morgan fingerprint density at radius 3 is 2.76 bits per heavy atom. The minimum Gasteiger partial charge on any atom is -0.388 e. The van der Waals surface area contributed by atoms with Crippen LogP contribution in [0.5, 0.6) is 0 Å². The van der Waals surface area contributed by atoms with Crippen molar-refractivity contribution in [3.05, 3.63) is 30.3 Å². The van der Waals surface area contributed by atoms with Gasteiger partial charge in [0.25, 0.3) is 0 Å². The van der Waals surface area contributed by atoms with Crippen molar-refractivity contribution in [2.45, 2.75) is 19.4 Å². The van der Waals surface area contributed by atoms with Crippen molar-refractivity contribution >= 4 is 5.84 Å². The lowest BCUT2D eigenvalue weighted by Gasteiger charge is -2.07. The molecule has 17 heavy (non-hydrogen) atoms. The summed E-state index contributed by atoms with van der Waals surface area (Å²) in [6, 6.07) is 9.59. The Morgan fingerprint density at radius 2 is 2.12 bits per heavy atom. The molecule has 3 N–H and O–H groups in total. The van der Waals surface area contributed by atoms with Gasteiger partial charge in [0.15, 0.2) is 0 Å². The highest BCUT2D eigenvalue weighted by Crippen LogP contribution is 2.14. The van der Waals surface area contributed by atoms with Crippen molar-refractivity contribution in [2.24, 2.45) is 5.73 Å². The fourth-order valence-corrected chi connectivity index (χ4v) is 1.51. The normalized spacial score (nSPS) is 12.3. The van der Waals surface area contributed by atoms with E-state index in [2.05, 4.69) is 15.4 Å². The summed E-state index contributed by atoms with van der Waals surface area (Å²) in [5.41, 5.74) is 6.27. The van der Waals surface area contributed by atoms with E-state index in [9.17, 15) is 0 Å². The van der Waals surface area contributed by atoms with Crippen molar-refractivity contribution in [1.29, 1.82) is 5.41 Å². The third kappa shape index (κ3) is 2.66. The number of tetrazole rings is 1. The van der Waals surface area contributed by atoms with Crippen LogP contribution in [-0.2, 0) is 0 Å². The summed E-state index contributed by atoms with van der Waals surface area (Å²) in [4.78, 5) is 1.49. The number of rotatable bonds is 4. The standard InChI is InChI=1S/C11H14N6/c1-8(7-10(12)13)17-15-11(14-16-17)9-5-3-2-4-6-9/h2-6,8H,7H2,1H3,(H3,12,13). The third-order valence-corrected chi connectivity index (χ3v) is 2.37. The molecule has 6 nitrogen and oxygen atoms in total. The molecule has 2 aromatic rings. The van der Waals surface area contributed by atoms with Crippen LogP contribution in [0.2, 0.25) is 0 Å². The molecule has 0 aliphatic carbocycles. The van der Waals surface area contributed by atoms with Crippen LogP contribution in [0.15, 0.2) is 30.3 Å². The first-order valence-electron chi connectivity index (χ1n) is 5.34. The summed E-state index contributed by atoms with van der Waals surface area (Å²) in [5, 5.41) is 19.5. The van der Waals surface area contributed by atoms with Crippen LogP contribution in [0, 0.1) is 5.41 Å². The number of nitrogens with zero attached hydrogens (tertiary/aromatic N) is 4. The molecule has 6 heteroatoms. The minimum absolute atomic E-state index is 0.0579. The van der Waals surface area contributed by atoms with Crippen molar-refractivity contribution in [2.75, 3.05) is 0 Å². The predicted octanol–water partition coefficient (Wildman–Crippen LogP) is 1.23. The summed E-state index contributed by atoms with van der Waals surface area (Å²) >= 11 is 0. The van der Waals surface area contributed by atoms with E-state index in [1.165, 1.54) is 4.80 Å².